The molecule has 0 heterocycles. The zero-order chi connectivity index (χ0) is 12.3. The third-order valence-electron chi connectivity index (χ3n) is 3.93. The largest absolute Gasteiger partial charge is 0.394 e. The summed E-state index contributed by atoms with van der Waals surface area (Å²) in [6.45, 7) is 4.36. The zero-order valence-electron chi connectivity index (χ0n) is 10.9. The average Bonchev–Trinajstić information content (AvgIpc) is 2.82. The smallest absolute Gasteiger partial charge is 0.0652 e. The molecule has 0 saturated heterocycles. The van der Waals surface area contributed by atoms with Gasteiger partial charge in [0, 0.05) is 6.04 Å². The van der Waals surface area contributed by atoms with Gasteiger partial charge in [-0.25, -0.2) is 0 Å². The number of rotatable bonds is 4. The van der Waals surface area contributed by atoms with Crippen LogP contribution in [-0.2, 0) is 5.54 Å². The zero-order valence-corrected chi connectivity index (χ0v) is 10.9. The Kier molecular flexibility index (Phi) is 3.85. The maximum atomic E-state index is 9.76. The highest BCUT2D eigenvalue weighted by Crippen LogP contribution is 2.28. The van der Waals surface area contributed by atoms with E-state index in [1.54, 1.807) is 0 Å². The van der Waals surface area contributed by atoms with Crippen LogP contribution in [0.5, 0.6) is 0 Å². The van der Waals surface area contributed by atoms with Gasteiger partial charge in [-0.3, -0.25) is 0 Å². The molecule has 0 spiro atoms. The van der Waals surface area contributed by atoms with Gasteiger partial charge in [-0.2, -0.15) is 0 Å². The van der Waals surface area contributed by atoms with Crippen LogP contribution in [0, 0.1) is 6.92 Å². The van der Waals surface area contributed by atoms with E-state index in [1.165, 1.54) is 36.8 Å². The van der Waals surface area contributed by atoms with Crippen LogP contribution in [0.4, 0.5) is 0 Å². The quantitative estimate of drug-likeness (QED) is 0.838. The third kappa shape index (κ3) is 2.70. The molecule has 0 aromatic heterocycles. The highest BCUT2D eigenvalue weighted by molar-refractivity contribution is 5.32. The molecule has 1 saturated carbocycles. The number of benzene rings is 1. The molecule has 1 aliphatic rings. The van der Waals surface area contributed by atoms with E-state index in [4.69, 9.17) is 0 Å². The molecule has 0 aliphatic heterocycles. The molecule has 2 N–H and O–H groups in total. The lowest BCUT2D eigenvalue weighted by molar-refractivity contribution is 0.161. The second kappa shape index (κ2) is 5.19. The van der Waals surface area contributed by atoms with E-state index >= 15 is 0 Å². The molecule has 2 rings (SSSR count). The van der Waals surface area contributed by atoms with Crippen LogP contribution in [0.15, 0.2) is 24.3 Å². The average molecular weight is 233 g/mol. The molecule has 0 radical (unpaired) electrons. The van der Waals surface area contributed by atoms with Gasteiger partial charge in [0.1, 0.15) is 0 Å². The maximum absolute atomic E-state index is 9.76. The van der Waals surface area contributed by atoms with Gasteiger partial charge in [0.15, 0.2) is 0 Å². The van der Waals surface area contributed by atoms with Crippen LogP contribution in [0.3, 0.4) is 0 Å². The van der Waals surface area contributed by atoms with Gasteiger partial charge in [0.25, 0.3) is 0 Å². The van der Waals surface area contributed by atoms with Crippen LogP contribution < -0.4 is 5.32 Å². The summed E-state index contributed by atoms with van der Waals surface area (Å²) < 4.78 is 0. The van der Waals surface area contributed by atoms with E-state index in [2.05, 4.69) is 31.3 Å². The maximum Gasteiger partial charge on any atom is 0.0652 e. The van der Waals surface area contributed by atoms with E-state index in [9.17, 15) is 5.11 Å². The van der Waals surface area contributed by atoms with Crippen LogP contribution in [-0.4, -0.2) is 17.8 Å². The van der Waals surface area contributed by atoms with Gasteiger partial charge >= 0.3 is 0 Å². The van der Waals surface area contributed by atoms with E-state index < -0.39 is 0 Å². The molecular formula is C15H23NO. The van der Waals surface area contributed by atoms with Crippen LogP contribution in [0.2, 0.25) is 0 Å². The fourth-order valence-corrected chi connectivity index (χ4v) is 2.92. The highest BCUT2D eigenvalue weighted by atomic mass is 16.3. The Hall–Kier alpha value is -0.860. The number of aliphatic hydroxyl groups excluding tert-OH is 1. The molecule has 1 aromatic carbocycles. The van der Waals surface area contributed by atoms with Crippen molar-refractivity contribution in [3.8, 4) is 0 Å². The number of aryl methyl sites for hydroxylation is 1. The summed E-state index contributed by atoms with van der Waals surface area (Å²) in [5.74, 6) is 0. The van der Waals surface area contributed by atoms with Gasteiger partial charge in [-0.1, -0.05) is 37.1 Å². The van der Waals surface area contributed by atoms with Gasteiger partial charge in [0.05, 0.1) is 12.1 Å². The first-order valence-corrected chi connectivity index (χ1v) is 6.60. The number of hydrogen-bond acceptors (Lipinski definition) is 2. The van der Waals surface area contributed by atoms with Crippen molar-refractivity contribution in [2.24, 2.45) is 0 Å². The Morgan fingerprint density at radius 3 is 2.53 bits per heavy atom. The fourth-order valence-electron chi connectivity index (χ4n) is 2.92. The predicted molar refractivity (Wildman–Crippen MR) is 71.0 cm³/mol. The minimum Gasteiger partial charge on any atom is -0.394 e. The minimum atomic E-state index is -0.305. The van der Waals surface area contributed by atoms with E-state index in [0.29, 0.717) is 6.04 Å². The Bertz CT molecular complexity index is 371. The standard InChI is InChI=1S/C15H23NO/c1-12-7-3-6-10-14(12)15(2,11-17)16-13-8-4-5-9-13/h3,6-7,10,13,16-17H,4-5,8-9,11H2,1-2H3. The van der Waals surface area contributed by atoms with Gasteiger partial charge in [-0.15, -0.1) is 0 Å². The van der Waals surface area contributed by atoms with Gasteiger partial charge < -0.3 is 10.4 Å². The topological polar surface area (TPSA) is 32.3 Å². The van der Waals surface area contributed by atoms with Gasteiger partial charge in [-0.05, 0) is 37.8 Å². The molecule has 2 nitrogen and oxygen atoms in total. The molecule has 17 heavy (non-hydrogen) atoms. The number of aliphatic hydroxyl groups is 1. The van der Waals surface area contributed by atoms with Crippen molar-refractivity contribution in [1.82, 2.24) is 5.32 Å². The summed E-state index contributed by atoms with van der Waals surface area (Å²) in [5.41, 5.74) is 2.16. The summed E-state index contributed by atoms with van der Waals surface area (Å²) in [5, 5.41) is 13.4. The molecule has 1 fully saturated rings. The van der Waals surface area contributed by atoms with Crippen LogP contribution in [0.1, 0.15) is 43.7 Å². The lowest BCUT2D eigenvalue weighted by atomic mass is 9.88. The lowest BCUT2D eigenvalue weighted by Gasteiger charge is -2.34. The molecule has 0 bridgehead atoms. The van der Waals surface area contributed by atoms with Crippen LogP contribution >= 0.6 is 0 Å². The molecule has 1 unspecified atom stereocenters. The van der Waals surface area contributed by atoms with Crippen LogP contribution in [0.25, 0.3) is 0 Å². The fraction of sp³-hybridized carbons (Fsp3) is 0.600. The van der Waals surface area contributed by atoms with Crippen molar-refractivity contribution >= 4 is 0 Å². The molecule has 94 valence electrons. The lowest BCUT2D eigenvalue weighted by Crippen LogP contribution is -2.48. The molecule has 1 atom stereocenters. The van der Waals surface area contributed by atoms with Crippen molar-refractivity contribution in [1.29, 1.82) is 0 Å². The van der Waals surface area contributed by atoms with Crippen molar-refractivity contribution in [2.75, 3.05) is 6.61 Å². The van der Waals surface area contributed by atoms with Gasteiger partial charge in [0.2, 0.25) is 0 Å². The summed E-state index contributed by atoms with van der Waals surface area (Å²) >= 11 is 0. The minimum absolute atomic E-state index is 0.147. The van der Waals surface area contributed by atoms with Crippen molar-refractivity contribution in [2.45, 2.75) is 51.1 Å². The Labute approximate surface area is 104 Å². The number of nitrogens with one attached hydrogen (secondary N) is 1. The van der Waals surface area contributed by atoms with E-state index in [0.717, 1.165) is 0 Å². The van der Waals surface area contributed by atoms with Crippen molar-refractivity contribution in [3.05, 3.63) is 35.4 Å². The second-order valence-corrected chi connectivity index (χ2v) is 5.43. The van der Waals surface area contributed by atoms with Crippen molar-refractivity contribution in [3.63, 3.8) is 0 Å². The van der Waals surface area contributed by atoms with Crippen molar-refractivity contribution < 1.29 is 5.11 Å². The Morgan fingerprint density at radius 1 is 1.29 bits per heavy atom. The Morgan fingerprint density at radius 2 is 1.94 bits per heavy atom. The summed E-state index contributed by atoms with van der Waals surface area (Å²) in [6, 6.07) is 8.89. The predicted octanol–water partition coefficient (Wildman–Crippen LogP) is 2.73. The third-order valence-corrected chi connectivity index (χ3v) is 3.93. The summed E-state index contributed by atoms with van der Waals surface area (Å²) in [7, 11) is 0. The second-order valence-electron chi connectivity index (χ2n) is 5.43. The molecule has 2 heteroatoms. The molecular weight excluding hydrogens is 210 g/mol. The normalized spacial score (nSPS) is 20.4. The molecule has 0 amide bonds. The summed E-state index contributed by atoms with van der Waals surface area (Å²) in [4.78, 5) is 0. The number of hydrogen-bond donors (Lipinski definition) is 2. The Balaban J connectivity index is 2.20. The summed E-state index contributed by atoms with van der Waals surface area (Å²) in [6.07, 6.45) is 5.10. The first-order chi connectivity index (χ1) is 8.15. The van der Waals surface area contributed by atoms with E-state index in [1.807, 2.05) is 12.1 Å². The molecule has 1 aliphatic carbocycles. The highest BCUT2D eigenvalue weighted by Gasteiger charge is 2.30. The van der Waals surface area contributed by atoms with E-state index in [-0.39, 0.29) is 12.1 Å². The SMILES string of the molecule is Cc1ccccc1C(C)(CO)NC1CCCC1. The first-order valence-electron chi connectivity index (χ1n) is 6.60. The first kappa shape index (κ1) is 12.6. The molecule has 1 aromatic rings. The monoisotopic (exact) mass is 233 g/mol.